The van der Waals surface area contributed by atoms with Crippen LogP contribution in [0, 0.1) is 0 Å². The van der Waals surface area contributed by atoms with E-state index >= 15 is 0 Å². The van der Waals surface area contributed by atoms with Crippen molar-refractivity contribution in [2.45, 2.75) is 392 Å². The van der Waals surface area contributed by atoms with Gasteiger partial charge in [0.1, 0.15) is 0 Å². The fourth-order valence-electron chi connectivity index (χ4n) is 10.7. The zero-order chi connectivity index (χ0) is 54.3. The predicted octanol–water partition coefficient (Wildman–Crippen LogP) is 21.8. The van der Waals surface area contributed by atoms with Crippen LogP contribution in [-0.2, 0) is 14.3 Å². The molecular formula is C69H133NO5. The molecule has 0 heterocycles. The molecule has 6 heteroatoms. The first-order valence-electron chi connectivity index (χ1n) is 34.1. The quantitative estimate of drug-likeness (QED) is 0.0320. The van der Waals surface area contributed by atoms with Crippen LogP contribution in [0.15, 0.2) is 24.3 Å². The molecule has 0 aromatic heterocycles. The van der Waals surface area contributed by atoms with Crippen LogP contribution in [0.3, 0.4) is 0 Å². The number of carbonyl (C=O) groups excluding carboxylic acids is 2. The van der Waals surface area contributed by atoms with Gasteiger partial charge in [-0.3, -0.25) is 9.59 Å². The number of amides is 1. The van der Waals surface area contributed by atoms with Gasteiger partial charge in [-0.15, -0.1) is 0 Å². The molecule has 0 aromatic carbocycles. The Balaban J connectivity index is 3.37. The first kappa shape index (κ1) is 73.3. The maximum absolute atomic E-state index is 12.5. The van der Waals surface area contributed by atoms with Crippen molar-refractivity contribution in [1.29, 1.82) is 0 Å². The molecule has 0 aliphatic heterocycles. The summed E-state index contributed by atoms with van der Waals surface area (Å²) in [5.41, 5.74) is 0. The minimum absolute atomic E-state index is 0.0137. The third kappa shape index (κ3) is 61.4. The summed E-state index contributed by atoms with van der Waals surface area (Å²) in [6.45, 7) is 4.97. The molecule has 0 aliphatic rings. The number of aliphatic hydroxyl groups is 2. The standard InChI is InChI=1S/C69H133NO5/c1-3-5-7-9-11-13-15-17-19-20-28-32-35-39-43-47-51-55-59-63-69(74)75-64-60-56-52-48-44-40-36-33-30-27-25-23-21-22-24-26-29-31-34-38-42-46-50-54-58-62-68(73)70-66(65-71)67(72)61-57-53-49-45-41-37-18-16-14-12-10-8-6-4-2/h17,19,22,24,66-67,71-72H,3-16,18,20-21,23,25-65H2,1-2H3,(H,70,73)/b19-17-,24-22-. The number of nitrogens with one attached hydrogen (secondary N) is 1. The molecule has 0 saturated heterocycles. The average molecular weight is 1060 g/mol. The zero-order valence-corrected chi connectivity index (χ0v) is 50.8. The number of allylic oxidation sites excluding steroid dienone is 4. The number of esters is 1. The summed E-state index contributed by atoms with van der Waals surface area (Å²) < 4.78 is 5.51. The number of aliphatic hydroxyl groups excluding tert-OH is 2. The van der Waals surface area contributed by atoms with Gasteiger partial charge in [0.25, 0.3) is 0 Å². The molecule has 0 spiro atoms. The summed E-state index contributed by atoms with van der Waals surface area (Å²) >= 11 is 0. The van der Waals surface area contributed by atoms with Gasteiger partial charge in [0.15, 0.2) is 0 Å². The van der Waals surface area contributed by atoms with Crippen LogP contribution in [0.5, 0.6) is 0 Å². The second-order valence-corrected chi connectivity index (χ2v) is 23.5. The lowest BCUT2D eigenvalue weighted by atomic mass is 10.0. The molecule has 444 valence electrons. The highest BCUT2D eigenvalue weighted by molar-refractivity contribution is 5.76. The Labute approximate surface area is 469 Å². The minimum Gasteiger partial charge on any atom is -0.466 e. The summed E-state index contributed by atoms with van der Waals surface area (Å²) in [5, 5.41) is 23.3. The summed E-state index contributed by atoms with van der Waals surface area (Å²) in [7, 11) is 0. The van der Waals surface area contributed by atoms with Crippen LogP contribution < -0.4 is 5.32 Å². The van der Waals surface area contributed by atoms with Gasteiger partial charge >= 0.3 is 5.97 Å². The van der Waals surface area contributed by atoms with Gasteiger partial charge in [0.05, 0.1) is 25.4 Å². The molecule has 3 N–H and O–H groups in total. The smallest absolute Gasteiger partial charge is 0.305 e. The van der Waals surface area contributed by atoms with Crippen molar-refractivity contribution in [2.24, 2.45) is 0 Å². The van der Waals surface area contributed by atoms with Gasteiger partial charge < -0.3 is 20.3 Å². The van der Waals surface area contributed by atoms with E-state index in [1.807, 2.05) is 0 Å². The van der Waals surface area contributed by atoms with Crippen LogP contribution in [0.2, 0.25) is 0 Å². The summed E-state index contributed by atoms with van der Waals surface area (Å²) in [6, 6.07) is -0.543. The second kappa shape index (κ2) is 64.9. The predicted molar refractivity (Wildman–Crippen MR) is 329 cm³/mol. The van der Waals surface area contributed by atoms with E-state index in [0.29, 0.717) is 25.9 Å². The number of rotatable bonds is 64. The Morgan fingerprint density at radius 3 is 0.947 bits per heavy atom. The Hall–Kier alpha value is -1.66. The molecule has 0 fully saturated rings. The Bertz CT molecular complexity index is 1170. The van der Waals surface area contributed by atoms with Crippen molar-refractivity contribution in [3.05, 3.63) is 24.3 Å². The van der Waals surface area contributed by atoms with Gasteiger partial charge in [0.2, 0.25) is 5.91 Å². The Morgan fingerprint density at radius 2 is 0.627 bits per heavy atom. The monoisotopic (exact) mass is 1060 g/mol. The highest BCUT2D eigenvalue weighted by Gasteiger charge is 2.20. The van der Waals surface area contributed by atoms with Gasteiger partial charge in [-0.2, -0.15) is 0 Å². The fourth-order valence-corrected chi connectivity index (χ4v) is 10.7. The molecule has 0 aromatic rings. The lowest BCUT2D eigenvalue weighted by molar-refractivity contribution is -0.143. The molecule has 0 rings (SSSR count). The molecule has 75 heavy (non-hydrogen) atoms. The van der Waals surface area contributed by atoms with Crippen molar-refractivity contribution in [3.8, 4) is 0 Å². The van der Waals surface area contributed by atoms with Crippen LogP contribution in [-0.4, -0.2) is 47.4 Å². The van der Waals surface area contributed by atoms with E-state index in [1.54, 1.807) is 0 Å². The minimum atomic E-state index is -0.666. The van der Waals surface area contributed by atoms with E-state index in [-0.39, 0.29) is 18.5 Å². The Kier molecular flexibility index (Phi) is 63.4. The van der Waals surface area contributed by atoms with Gasteiger partial charge in [0, 0.05) is 12.8 Å². The highest BCUT2D eigenvalue weighted by atomic mass is 16.5. The normalized spacial score (nSPS) is 12.6. The first-order chi connectivity index (χ1) is 37.0. The van der Waals surface area contributed by atoms with Crippen LogP contribution in [0.4, 0.5) is 0 Å². The topological polar surface area (TPSA) is 95.9 Å². The van der Waals surface area contributed by atoms with Crippen molar-refractivity contribution in [1.82, 2.24) is 5.32 Å². The lowest BCUT2D eigenvalue weighted by Gasteiger charge is -2.22. The van der Waals surface area contributed by atoms with Crippen molar-refractivity contribution >= 4 is 11.9 Å². The summed E-state index contributed by atoms with van der Waals surface area (Å²) in [5.74, 6) is -0.0223. The second-order valence-electron chi connectivity index (χ2n) is 23.5. The maximum Gasteiger partial charge on any atom is 0.305 e. The van der Waals surface area contributed by atoms with E-state index in [0.717, 1.165) is 44.9 Å². The highest BCUT2D eigenvalue weighted by Crippen LogP contribution is 2.18. The molecule has 0 saturated carbocycles. The lowest BCUT2D eigenvalue weighted by Crippen LogP contribution is -2.45. The number of hydrogen-bond acceptors (Lipinski definition) is 5. The number of carbonyl (C=O) groups is 2. The molecule has 2 atom stereocenters. The first-order valence-corrected chi connectivity index (χ1v) is 34.1. The van der Waals surface area contributed by atoms with E-state index in [2.05, 4.69) is 43.5 Å². The molecule has 2 unspecified atom stereocenters. The number of unbranched alkanes of at least 4 members (excludes halogenated alkanes) is 49. The molecule has 1 amide bonds. The SMILES string of the molecule is CCCCCCCC/C=C\CCCCCCCCCCCC(=O)OCCCCCCCCCCCCCC/C=C\CCCCCCCCCCCC(=O)NC(CO)C(O)CCCCCCCCCCCCCCCC. The van der Waals surface area contributed by atoms with Gasteiger partial charge in [-0.1, -0.05) is 314 Å². The van der Waals surface area contributed by atoms with Crippen molar-refractivity contribution in [3.63, 3.8) is 0 Å². The Morgan fingerprint density at radius 1 is 0.360 bits per heavy atom. The van der Waals surface area contributed by atoms with Crippen LogP contribution >= 0.6 is 0 Å². The van der Waals surface area contributed by atoms with Gasteiger partial charge in [-0.05, 0) is 77.0 Å². The number of ether oxygens (including phenoxy) is 1. The molecule has 0 bridgehead atoms. The fraction of sp³-hybridized carbons (Fsp3) is 0.913. The third-order valence-corrected chi connectivity index (χ3v) is 16.0. The summed E-state index contributed by atoms with van der Waals surface area (Å²) in [6.07, 6.45) is 80.7. The van der Waals surface area contributed by atoms with Crippen molar-refractivity contribution in [2.75, 3.05) is 13.2 Å². The summed E-state index contributed by atoms with van der Waals surface area (Å²) in [4.78, 5) is 24.6. The van der Waals surface area contributed by atoms with E-state index in [4.69, 9.17) is 4.74 Å². The maximum atomic E-state index is 12.5. The van der Waals surface area contributed by atoms with Crippen molar-refractivity contribution < 1.29 is 24.5 Å². The van der Waals surface area contributed by atoms with E-state index in [1.165, 1.54) is 302 Å². The largest absolute Gasteiger partial charge is 0.466 e. The van der Waals surface area contributed by atoms with Crippen LogP contribution in [0.1, 0.15) is 380 Å². The molecule has 6 nitrogen and oxygen atoms in total. The average Bonchev–Trinajstić information content (AvgIpc) is 3.41. The number of hydrogen-bond donors (Lipinski definition) is 3. The third-order valence-electron chi connectivity index (χ3n) is 16.0. The van der Waals surface area contributed by atoms with Gasteiger partial charge in [-0.25, -0.2) is 0 Å². The zero-order valence-electron chi connectivity index (χ0n) is 50.8. The van der Waals surface area contributed by atoms with E-state index in [9.17, 15) is 19.8 Å². The van der Waals surface area contributed by atoms with Crippen LogP contribution in [0.25, 0.3) is 0 Å². The van der Waals surface area contributed by atoms with E-state index < -0.39 is 12.1 Å². The molecular weight excluding hydrogens is 923 g/mol. The molecule has 0 aliphatic carbocycles. The molecule has 0 radical (unpaired) electrons.